The Morgan fingerprint density at radius 1 is 0.900 bits per heavy atom. The van der Waals surface area contributed by atoms with Crippen molar-refractivity contribution in [1.82, 2.24) is 5.32 Å². The Morgan fingerprint density at radius 3 is 2.33 bits per heavy atom. The van der Waals surface area contributed by atoms with E-state index in [-0.39, 0.29) is 31.1 Å². The molecule has 6 heteroatoms. The number of ketones is 1. The number of hydrogen-bond donors (Lipinski definition) is 1. The Kier molecular flexibility index (Phi) is 10.1. The summed E-state index contributed by atoms with van der Waals surface area (Å²) in [5, 5.41) is 2.68. The number of hydrogen-bond acceptors (Lipinski definition) is 5. The molecule has 2 aromatic carbocycles. The first kappa shape index (κ1) is 23.1. The molecule has 0 aliphatic carbocycles. The van der Waals surface area contributed by atoms with Crippen LogP contribution in [0.4, 0.5) is 0 Å². The number of nitrogens with one attached hydrogen (secondary N) is 1. The van der Waals surface area contributed by atoms with Crippen molar-refractivity contribution in [1.29, 1.82) is 0 Å². The van der Waals surface area contributed by atoms with E-state index in [1.807, 2.05) is 30.3 Å². The third kappa shape index (κ3) is 8.90. The number of Topliss-reactive ketones (excluding diaryl/α,β-unsaturated/α-hetero) is 1. The van der Waals surface area contributed by atoms with Crippen molar-refractivity contribution >= 4 is 17.7 Å². The van der Waals surface area contributed by atoms with Gasteiger partial charge in [0.15, 0.2) is 12.4 Å². The van der Waals surface area contributed by atoms with Crippen molar-refractivity contribution in [3.05, 3.63) is 65.7 Å². The first-order chi connectivity index (χ1) is 14.6. The minimum atomic E-state index is -0.575. The van der Waals surface area contributed by atoms with Crippen LogP contribution in [0.2, 0.25) is 0 Å². The fraction of sp³-hybridized carbons (Fsp3) is 0.375. The largest absolute Gasteiger partial charge is 0.494 e. The van der Waals surface area contributed by atoms with Gasteiger partial charge in [-0.1, -0.05) is 50.1 Å². The molecular formula is C24H29NO5. The van der Waals surface area contributed by atoms with Crippen LogP contribution in [-0.4, -0.2) is 30.9 Å². The Labute approximate surface area is 177 Å². The zero-order valence-corrected chi connectivity index (χ0v) is 17.4. The van der Waals surface area contributed by atoms with Gasteiger partial charge in [0.05, 0.1) is 13.0 Å². The highest BCUT2D eigenvalue weighted by molar-refractivity contribution is 5.97. The van der Waals surface area contributed by atoms with E-state index in [9.17, 15) is 14.4 Å². The molecule has 1 N–H and O–H groups in total. The van der Waals surface area contributed by atoms with Crippen LogP contribution in [0.5, 0.6) is 5.75 Å². The van der Waals surface area contributed by atoms with Gasteiger partial charge in [0, 0.05) is 18.5 Å². The van der Waals surface area contributed by atoms with Crippen molar-refractivity contribution in [3.8, 4) is 5.75 Å². The summed E-state index contributed by atoms with van der Waals surface area (Å²) in [6.45, 7) is 2.81. The molecule has 160 valence electrons. The van der Waals surface area contributed by atoms with Crippen LogP contribution in [0, 0.1) is 0 Å². The summed E-state index contributed by atoms with van der Waals surface area (Å²) in [7, 11) is 0. The molecule has 0 saturated heterocycles. The third-order valence-corrected chi connectivity index (χ3v) is 4.45. The second-order valence-corrected chi connectivity index (χ2v) is 6.93. The molecule has 2 rings (SSSR count). The molecule has 0 spiro atoms. The number of ether oxygens (including phenoxy) is 2. The van der Waals surface area contributed by atoms with Gasteiger partial charge in [0.25, 0.3) is 5.91 Å². The lowest BCUT2D eigenvalue weighted by Gasteiger charge is -2.07. The number of unbranched alkanes of at least 4 members (excludes halogenated alkanes) is 2. The van der Waals surface area contributed by atoms with E-state index in [2.05, 4.69) is 12.2 Å². The van der Waals surface area contributed by atoms with Crippen LogP contribution in [0.3, 0.4) is 0 Å². The van der Waals surface area contributed by atoms with Crippen molar-refractivity contribution in [2.45, 2.75) is 45.6 Å². The van der Waals surface area contributed by atoms with Gasteiger partial charge in [-0.25, -0.2) is 0 Å². The van der Waals surface area contributed by atoms with E-state index in [1.165, 1.54) is 0 Å². The van der Waals surface area contributed by atoms with Gasteiger partial charge in [-0.3, -0.25) is 14.4 Å². The Bertz CT molecular complexity index is 802. The van der Waals surface area contributed by atoms with E-state index in [4.69, 9.17) is 9.47 Å². The van der Waals surface area contributed by atoms with Crippen LogP contribution in [0.25, 0.3) is 0 Å². The van der Waals surface area contributed by atoms with E-state index in [0.29, 0.717) is 18.7 Å². The third-order valence-electron chi connectivity index (χ3n) is 4.45. The van der Waals surface area contributed by atoms with Crippen LogP contribution >= 0.6 is 0 Å². The predicted octanol–water partition coefficient (Wildman–Crippen LogP) is 4.08. The molecule has 0 heterocycles. The number of carbonyl (C=O) groups is 3. The average Bonchev–Trinajstić information content (AvgIpc) is 2.78. The van der Waals surface area contributed by atoms with Gasteiger partial charge in [-0.2, -0.15) is 0 Å². The van der Waals surface area contributed by atoms with Crippen molar-refractivity contribution in [2.24, 2.45) is 0 Å². The molecule has 0 unspecified atom stereocenters. The zero-order valence-electron chi connectivity index (χ0n) is 17.4. The minimum Gasteiger partial charge on any atom is -0.494 e. The highest BCUT2D eigenvalue weighted by atomic mass is 16.5. The standard InChI is InChI=1S/C24H29NO5/c1-2-3-7-16-29-21-12-10-20(11-13-21)22(26)14-15-24(28)30-18-23(27)25-17-19-8-5-4-6-9-19/h4-6,8-13H,2-3,7,14-18H2,1H3,(H,25,27). The Hall–Kier alpha value is -3.15. The zero-order chi connectivity index (χ0) is 21.6. The Morgan fingerprint density at radius 2 is 1.63 bits per heavy atom. The quantitative estimate of drug-likeness (QED) is 0.305. The van der Waals surface area contributed by atoms with Crippen molar-refractivity contribution < 1.29 is 23.9 Å². The van der Waals surface area contributed by atoms with Gasteiger partial charge in [0.2, 0.25) is 0 Å². The highest BCUT2D eigenvalue weighted by Crippen LogP contribution is 2.15. The number of benzene rings is 2. The number of esters is 1. The maximum Gasteiger partial charge on any atom is 0.306 e. The van der Waals surface area contributed by atoms with Gasteiger partial charge in [0.1, 0.15) is 5.75 Å². The Balaban J connectivity index is 1.63. The van der Waals surface area contributed by atoms with Crippen molar-refractivity contribution in [3.63, 3.8) is 0 Å². The normalized spacial score (nSPS) is 10.3. The molecule has 0 aliphatic rings. The second-order valence-electron chi connectivity index (χ2n) is 6.93. The molecule has 0 saturated carbocycles. The topological polar surface area (TPSA) is 81.7 Å². The molecule has 0 aliphatic heterocycles. The smallest absolute Gasteiger partial charge is 0.306 e. The lowest BCUT2D eigenvalue weighted by atomic mass is 10.1. The number of carbonyl (C=O) groups excluding carboxylic acids is 3. The molecular weight excluding hydrogens is 382 g/mol. The molecule has 0 radical (unpaired) electrons. The van der Waals surface area contributed by atoms with Gasteiger partial charge >= 0.3 is 5.97 Å². The van der Waals surface area contributed by atoms with E-state index < -0.39 is 5.97 Å². The van der Waals surface area contributed by atoms with Crippen LogP contribution in [0.1, 0.15) is 54.9 Å². The first-order valence-corrected chi connectivity index (χ1v) is 10.3. The SMILES string of the molecule is CCCCCOc1ccc(C(=O)CCC(=O)OCC(=O)NCc2ccccc2)cc1. The molecule has 30 heavy (non-hydrogen) atoms. The number of amides is 1. The highest BCUT2D eigenvalue weighted by Gasteiger charge is 2.12. The van der Waals surface area contributed by atoms with Gasteiger partial charge in [-0.05, 0) is 36.2 Å². The maximum absolute atomic E-state index is 12.2. The van der Waals surface area contributed by atoms with E-state index >= 15 is 0 Å². The maximum atomic E-state index is 12.2. The molecule has 6 nitrogen and oxygen atoms in total. The van der Waals surface area contributed by atoms with Gasteiger partial charge < -0.3 is 14.8 Å². The van der Waals surface area contributed by atoms with Crippen LogP contribution in [0.15, 0.2) is 54.6 Å². The molecule has 0 fully saturated rings. The summed E-state index contributed by atoms with van der Waals surface area (Å²) in [6, 6.07) is 16.3. The van der Waals surface area contributed by atoms with E-state index in [0.717, 1.165) is 30.6 Å². The summed E-state index contributed by atoms with van der Waals surface area (Å²) in [4.78, 5) is 35.8. The van der Waals surface area contributed by atoms with Gasteiger partial charge in [-0.15, -0.1) is 0 Å². The fourth-order valence-electron chi connectivity index (χ4n) is 2.70. The first-order valence-electron chi connectivity index (χ1n) is 10.3. The minimum absolute atomic E-state index is 0.0289. The summed E-state index contributed by atoms with van der Waals surface area (Å²) in [5.74, 6) is -0.385. The summed E-state index contributed by atoms with van der Waals surface area (Å²) < 4.78 is 10.6. The lowest BCUT2D eigenvalue weighted by Crippen LogP contribution is -2.28. The number of rotatable bonds is 13. The average molecular weight is 411 g/mol. The molecule has 0 bridgehead atoms. The van der Waals surface area contributed by atoms with Crippen LogP contribution in [-0.2, 0) is 20.9 Å². The monoisotopic (exact) mass is 411 g/mol. The molecule has 2 aromatic rings. The second kappa shape index (κ2) is 13.1. The molecule has 0 aromatic heterocycles. The predicted molar refractivity (Wildman–Crippen MR) is 114 cm³/mol. The van der Waals surface area contributed by atoms with Crippen LogP contribution < -0.4 is 10.1 Å². The molecule has 0 atom stereocenters. The molecule has 1 amide bonds. The summed E-state index contributed by atoms with van der Waals surface area (Å²) >= 11 is 0. The van der Waals surface area contributed by atoms with E-state index in [1.54, 1.807) is 24.3 Å². The van der Waals surface area contributed by atoms with Crippen molar-refractivity contribution in [2.75, 3.05) is 13.2 Å². The summed E-state index contributed by atoms with van der Waals surface area (Å²) in [6.07, 6.45) is 3.23. The lowest BCUT2D eigenvalue weighted by molar-refractivity contribution is -0.148. The fourth-order valence-corrected chi connectivity index (χ4v) is 2.70. The summed E-state index contributed by atoms with van der Waals surface area (Å²) in [5.41, 5.74) is 1.48.